The molecule has 0 spiro atoms. The lowest BCUT2D eigenvalue weighted by Gasteiger charge is -2.30. The van der Waals surface area contributed by atoms with Crippen molar-refractivity contribution >= 4 is 17.7 Å². The van der Waals surface area contributed by atoms with Crippen LogP contribution in [-0.4, -0.2) is 59.8 Å². The summed E-state index contributed by atoms with van der Waals surface area (Å²) in [5.74, 6) is -0.0421. The molecule has 2 aliphatic rings. The number of fused-ring (bicyclic) bond motifs is 2. The van der Waals surface area contributed by atoms with Crippen molar-refractivity contribution in [2.24, 2.45) is 0 Å². The minimum Gasteiger partial charge on any atom is -0.493 e. The molecule has 1 aromatic heterocycles. The lowest BCUT2D eigenvalue weighted by Crippen LogP contribution is -2.44. The maximum absolute atomic E-state index is 12.8. The summed E-state index contributed by atoms with van der Waals surface area (Å²) < 4.78 is 10.7. The van der Waals surface area contributed by atoms with Crippen LogP contribution < -0.4 is 9.47 Å². The van der Waals surface area contributed by atoms with Crippen LogP contribution in [0.3, 0.4) is 0 Å². The van der Waals surface area contributed by atoms with Gasteiger partial charge in [-0.3, -0.25) is 24.3 Å². The molecule has 8 nitrogen and oxygen atoms in total. The molecule has 3 amide bonds. The van der Waals surface area contributed by atoms with E-state index in [-0.39, 0.29) is 23.7 Å². The van der Waals surface area contributed by atoms with E-state index in [9.17, 15) is 14.4 Å². The van der Waals surface area contributed by atoms with Gasteiger partial charge in [0.25, 0.3) is 11.8 Å². The number of ether oxygens (including phenoxy) is 2. The molecule has 4 rings (SSSR count). The van der Waals surface area contributed by atoms with E-state index in [2.05, 4.69) is 4.98 Å². The lowest BCUT2D eigenvalue weighted by molar-refractivity contribution is -0.132. The lowest BCUT2D eigenvalue weighted by atomic mass is 9.98. The Morgan fingerprint density at radius 3 is 2.50 bits per heavy atom. The maximum atomic E-state index is 12.8. The zero-order valence-corrected chi connectivity index (χ0v) is 15.6. The van der Waals surface area contributed by atoms with E-state index in [4.69, 9.17) is 9.47 Å². The summed E-state index contributed by atoms with van der Waals surface area (Å²) in [6, 6.07) is 6.92. The normalized spacial score (nSPS) is 15.4. The number of imide groups is 1. The van der Waals surface area contributed by atoms with Crippen LogP contribution in [0, 0.1) is 0 Å². The van der Waals surface area contributed by atoms with Crippen LogP contribution in [0.4, 0.5) is 0 Å². The largest absolute Gasteiger partial charge is 0.493 e. The Kier molecular flexibility index (Phi) is 4.46. The average molecular weight is 381 g/mol. The second kappa shape index (κ2) is 6.95. The molecule has 0 aliphatic carbocycles. The van der Waals surface area contributed by atoms with Gasteiger partial charge in [-0.2, -0.15) is 0 Å². The molecule has 0 fully saturated rings. The first kappa shape index (κ1) is 18.0. The van der Waals surface area contributed by atoms with Gasteiger partial charge in [0.05, 0.1) is 19.8 Å². The van der Waals surface area contributed by atoms with Crippen LogP contribution in [0.1, 0.15) is 32.0 Å². The number of benzene rings is 1. The second-order valence-electron chi connectivity index (χ2n) is 6.64. The summed E-state index contributed by atoms with van der Waals surface area (Å²) in [5, 5.41) is 0. The third kappa shape index (κ3) is 2.87. The molecule has 0 atom stereocenters. The Morgan fingerprint density at radius 2 is 1.82 bits per heavy atom. The Labute approximate surface area is 161 Å². The minimum absolute atomic E-state index is 0.0983. The van der Waals surface area contributed by atoms with Gasteiger partial charge in [0.15, 0.2) is 11.5 Å². The first-order chi connectivity index (χ1) is 13.5. The van der Waals surface area contributed by atoms with Crippen molar-refractivity contribution in [3.8, 4) is 11.5 Å². The highest BCUT2D eigenvalue weighted by molar-refractivity contribution is 6.21. The number of nitrogens with zero attached hydrogens (tertiary/aromatic N) is 3. The molecular formula is C20H19N3O5. The fraction of sp³-hybridized carbons (Fsp3) is 0.300. The first-order valence-electron chi connectivity index (χ1n) is 8.86. The molecule has 1 aromatic carbocycles. The summed E-state index contributed by atoms with van der Waals surface area (Å²) in [6.45, 7) is 0.593. The number of hydrogen-bond donors (Lipinski definition) is 0. The zero-order chi connectivity index (χ0) is 19.8. The Bertz CT molecular complexity index is 953. The van der Waals surface area contributed by atoms with Crippen molar-refractivity contribution in [2.45, 2.75) is 13.0 Å². The van der Waals surface area contributed by atoms with Crippen LogP contribution in [0.25, 0.3) is 0 Å². The van der Waals surface area contributed by atoms with Crippen LogP contribution in [-0.2, 0) is 17.8 Å². The molecule has 0 N–H and O–H groups in total. The molecular weight excluding hydrogens is 362 g/mol. The van der Waals surface area contributed by atoms with Crippen molar-refractivity contribution in [2.75, 3.05) is 27.3 Å². The quantitative estimate of drug-likeness (QED) is 0.742. The van der Waals surface area contributed by atoms with Gasteiger partial charge in [-0.25, -0.2) is 0 Å². The molecule has 0 saturated heterocycles. The Hall–Kier alpha value is -3.42. The highest BCUT2D eigenvalue weighted by atomic mass is 16.5. The molecule has 144 valence electrons. The Balaban J connectivity index is 1.50. The summed E-state index contributed by atoms with van der Waals surface area (Å²) in [6.07, 6.45) is 2.11. The number of aromatic nitrogens is 1. The van der Waals surface area contributed by atoms with Gasteiger partial charge >= 0.3 is 0 Å². The van der Waals surface area contributed by atoms with Crippen LogP contribution >= 0.6 is 0 Å². The molecule has 0 saturated carbocycles. The number of carbonyl (C=O) groups excluding carboxylic acids is 3. The van der Waals surface area contributed by atoms with Crippen molar-refractivity contribution < 1.29 is 23.9 Å². The van der Waals surface area contributed by atoms with Crippen molar-refractivity contribution in [1.82, 2.24) is 14.8 Å². The molecule has 0 radical (unpaired) electrons. The van der Waals surface area contributed by atoms with Gasteiger partial charge in [-0.05, 0) is 41.8 Å². The molecule has 8 heteroatoms. The standard InChI is InChI=1S/C20H19N3O5/c1-27-15-8-12-5-7-22(10-13(12)9-16(15)28-2)17(24)11-23-19(25)14-4-3-6-21-18(14)20(23)26/h3-4,6,8-9H,5,7,10-11H2,1-2H3. The van der Waals surface area contributed by atoms with Crippen molar-refractivity contribution in [3.63, 3.8) is 0 Å². The third-order valence-electron chi connectivity index (χ3n) is 5.10. The fourth-order valence-corrected chi connectivity index (χ4v) is 3.59. The summed E-state index contributed by atoms with van der Waals surface area (Å²) >= 11 is 0. The van der Waals surface area contributed by atoms with Gasteiger partial charge in [-0.1, -0.05) is 0 Å². The third-order valence-corrected chi connectivity index (χ3v) is 5.10. The first-order valence-corrected chi connectivity index (χ1v) is 8.86. The highest BCUT2D eigenvalue weighted by Gasteiger charge is 2.38. The summed E-state index contributed by atoms with van der Waals surface area (Å²) in [4.78, 5) is 44.2. The molecule has 28 heavy (non-hydrogen) atoms. The number of carbonyl (C=O) groups is 3. The number of amides is 3. The van der Waals surface area contributed by atoms with E-state index in [1.807, 2.05) is 12.1 Å². The highest BCUT2D eigenvalue weighted by Crippen LogP contribution is 2.33. The predicted octanol–water partition coefficient (Wildman–Crippen LogP) is 1.28. The number of pyridine rings is 1. The van der Waals surface area contributed by atoms with Crippen LogP contribution in [0.5, 0.6) is 11.5 Å². The fourth-order valence-electron chi connectivity index (χ4n) is 3.59. The van der Waals surface area contributed by atoms with Gasteiger partial charge in [-0.15, -0.1) is 0 Å². The number of rotatable bonds is 4. The molecule has 2 aliphatic heterocycles. The van der Waals surface area contributed by atoms with Crippen LogP contribution in [0.15, 0.2) is 30.5 Å². The van der Waals surface area contributed by atoms with E-state index < -0.39 is 11.8 Å². The van der Waals surface area contributed by atoms with Gasteiger partial charge in [0.2, 0.25) is 5.91 Å². The van der Waals surface area contributed by atoms with Crippen LogP contribution in [0.2, 0.25) is 0 Å². The molecule has 3 heterocycles. The van der Waals surface area contributed by atoms with E-state index >= 15 is 0 Å². The van der Waals surface area contributed by atoms with Crippen molar-refractivity contribution in [3.05, 3.63) is 52.8 Å². The smallest absolute Gasteiger partial charge is 0.280 e. The van der Waals surface area contributed by atoms with Gasteiger partial charge < -0.3 is 14.4 Å². The predicted molar refractivity (Wildman–Crippen MR) is 98.3 cm³/mol. The molecule has 0 bridgehead atoms. The van der Waals surface area contributed by atoms with E-state index in [1.165, 1.54) is 6.20 Å². The molecule has 0 unspecified atom stereocenters. The molecule has 2 aromatic rings. The van der Waals surface area contributed by atoms with E-state index in [0.29, 0.717) is 31.0 Å². The Morgan fingerprint density at radius 1 is 1.11 bits per heavy atom. The van der Waals surface area contributed by atoms with E-state index in [0.717, 1.165) is 16.0 Å². The number of methoxy groups -OCH3 is 2. The summed E-state index contributed by atoms with van der Waals surface area (Å²) in [7, 11) is 3.14. The average Bonchev–Trinajstić information content (AvgIpc) is 2.97. The van der Waals surface area contributed by atoms with Crippen molar-refractivity contribution in [1.29, 1.82) is 0 Å². The zero-order valence-electron chi connectivity index (χ0n) is 15.6. The maximum Gasteiger partial charge on any atom is 0.280 e. The minimum atomic E-state index is -0.530. The SMILES string of the molecule is COc1cc2c(cc1OC)CN(C(=O)CN1C(=O)c3cccnc3C1=O)CC2. The second-order valence-corrected chi connectivity index (χ2v) is 6.64. The van der Waals surface area contributed by atoms with Gasteiger partial charge in [0, 0.05) is 19.3 Å². The monoisotopic (exact) mass is 381 g/mol. The van der Waals surface area contributed by atoms with E-state index in [1.54, 1.807) is 31.3 Å². The van der Waals surface area contributed by atoms with Gasteiger partial charge in [0.1, 0.15) is 12.2 Å². The number of hydrogen-bond acceptors (Lipinski definition) is 6. The topological polar surface area (TPSA) is 89.0 Å². The summed E-state index contributed by atoms with van der Waals surface area (Å²) in [5.41, 5.74) is 2.38.